The fourth-order valence-corrected chi connectivity index (χ4v) is 6.32. The van der Waals surface area contributed by atoms with Crippen molar-refractivity contribution in [1.82, 2.24) is 0 Å². The molecule has 28 nitrogen and oxygen atoms in total. The number of hydrogen-bond acceptors (Lipinski definition) is 28. The third-order valence-electron chi connectivity index (χ3n) is 9.24. The summed E-state index contributed by atoms with van der Waals surface area (Å²) in [6.45, 7) is -10.1. The predicted molar refractivity (Wildman–Crippen MR) is 151 cm³/mol. The van der Waals surface area contributed by atoms with E-state index in [1.165, 1.54) is 13.8 Å². The van der Waals surface area contributed by atoms with E-state index in [0.29, 0.717) is 0 Å². The van der Waals surface area contributed by atoms with Gasteiger partial charge in [0.05, 0.1) is 38.6 Å². The van der Waals surface area contributed by atoms with Crippen LogP contribution in [0.25, 0.3) is 0 Å². The molecule has 0 spiro atoms. The summed E-state index contributed by atoms with van der Waals surface area (Å²) in [6.07, 6.45) is -4.95. The molecule has 0 bridgehead atoms. The van der Waals surface area contributed by atoms with Crippen LogP contribution < -0.4 is 0 Å². The lowest BCUT2D eigenvalue weighted by atomic mass is 10.1. The summed E-state index contributed by atoms with van der Waals surface area (Å²) in [4.78, 5) is 0. The molecule has 52 heavy (non-hydrogen) atoms. The fraction of sp³-hybridized carbons (Fsp3) is 1.00. The Morgan fingerprint density at radius 2 is 0.692 bits per heavy atom. The normalized spacial score (nSPS) is 53.8. The predicted octanol–water partition coefficient (Wildman–Crippen LogP) is -11.0. The molecule has 0 unspecified atom stereocenters. The van der Waals surface area contributed by atoms with Crippen LogP contribution in [0.5, 0.6) is 0 Å². The Labute approximate surface area is 290 Å². The molecule has 16 N–H and O–H groups in total. The van der Waals surface area contributed by atoms with Gasteiger partial charge in [-0.25, -0.2) is 0 Å². The van der Waals surface area contributed by atoms with Gasteiger partial charge in [0.25, 0.3) is 0 Å². The number of fused-ring (bicyclic) bond motifs is 4. The Bertz CT molecular complexity index is 1270. The largest absolute Gasteiger partial charge is 0.533 e. The number of rotatable bonds is 0. The lowest BCUT2D eigenvalue weighted by Crippen LogP contribution is -2.55. The molecule has 0 aliphatic carbocycles. The zero-order chi connectivity index (χ0) is 39.6. The van der Waals surface area contributed by atoms with Crippen LogP contribution >= 0.6 is 0 Å². The van der Waals surface area contributed by atoms with Crippen molar-refractivity contribution in [2.24, 2.45) is 0 Å². The highest BCUT2D eigenvalue weighted by molar-refractivity contribution is 6.52. The van der Waals surface area contributed by atoms with Gasteiger partial charge in [-0.1, -0.05) is 0 Å². The monoisotopic (exact) mass is 772 g/mol. The number of hydrogen-bond donors (Lipinski definition) is 16. The van der Waals surface area contributed by atoms with E-state index in [-0.39, 0.29) is 26.4 Å². The molecule has 8 aliphatic heterocycles. The molecule has 0 aromatic carbocycles. The van der Waals surface area contributed by atoms with E-state index >= 15 is 0 Å². The Balaban J connectivity index is 0.000000134. The second-order valence-corrected chi connectivity index (χ2v) is 13.4. The van der Waals surface area contributed by atoms with Crippen LogP contribution in [0.4, 0.5) is 0 Å². The van der Waals surface area contributed by atoms with Gasteiger partial charge in [-0.3, -0.25) is 0 Å². The van der Waals surface area contributed by atoms with E-state index in [1.54, 1.807) is 0 Å². The molecule has 8 heterocycles. The number of aliphatic hydroxyl groups is 8. The van der Waals surface area contributed by atoms with Crippen LogP contribution in [0.3, 0.4) is 0 Å². The van der Waals surface area contributed by atoms with Crippen molar-refractivity contribution in [3.63, 3.8) is 0 Å². The van der Waals surface area contributed by atoms with Gasteiger partial charge in [0.2, 0.25) is 34.7 Å². The quantitative estimate of drug-likeness (QED) is 0.102. The molecular weight excluding hydrogens is 731 g/mol. The lowest BCUT2D eigenvalue weighted by molar-refractivity contribution is -0.314. The first kappa shape index (κ1) is 42.3. The number of aliphatic hydroxyl groups excluding tert-OH is 2. The second-order valence-electron chi connectivity index (χ2n) is 13.4. The zero-order valence-electron chi connectivity index (χ0n) is 27.5. The van der Waals surface area contributed by atoms with Gasteiger partial charge in [-0.2, -0.15) is 0 Å². The summed E-state index contributed by atoms with van der Waals surface area (Å²) in [6, 6.07) is 0. The van der Waals surface area contributed by atoms with Crippen molar-refractivity contribution in [2.75, 3.05) is 26.4 Å². The fourth-order valence-electron chi connectivity index (χ4n) is 6.32. The molecule has 8 aliphatic rings. The molecule has 12 atom stereocenters. The van der Waals surface area contributed by atoms with E-state index in [4.69, 9.17) is 59.1 Å². The maximum Gasteiger partial charge on any atom is 0.530 e. The standard InChI is InChI=1S/4C5H10BO7/c2*1-4(7)5(8)3(2-11-4)12-6(9,10)13-5;2*1-4-5(8,3(7)2-11-4)13-6(9,10)12-4/h4*3,7-10H,2H2,1H3/q4*-1/t3-,4+,5-;3-,4-,5-;3-,4+,5+;3-,4-,5-/m0000/s1. The molecule has 0 aromatic rings. The maximum absolute atomic E-state index is 9.67. The van der Waals surface area contributed by atoms with Gasteiger partial charge in [0.1, 0.15) is 12.2 Å². The van der Waals surface area contributed by atoms with Gasteiger partial charge in [-0.05, 0) is 27.7 Å². The van der Waals surface area contributed by atoms with Gasteiger partial charge in [-0.15, -0.1) is 0 Å². The molecule has 304 valence electrons. The van der Waals surface area contributed by atoms with Crippen molar-refractivity contribution >= 4 is 27.8 Å². The lowest BCUT2D eigenvalue weighted by Gasteiger charge is -2.35. The number of ether oxygens (including phenoxy) is 4. The topological polar surface area (TPSA) is 434 Å². The van der Waals surface area contributed by atoms with Gasteiger partial charge < -0.3 is 137 Å². The molecule has 0 aromatic heterocycles. The Morgan fingerprint density at radius 1 is 0.404 bits per heavy atom. The molecule has 0 saturated carbocycles. The minimum atomic E-state index is -3.58. The Hall–Kier alpha value is -0.860. The van der Waals surface area contributed by atoms with E-state index in [0.717, 1.165) is 13.8 Å². The summed E-state index contributed by atoms with van der Waals surface area (Å²) in [5.41, 5.74) is 0. The van der Waals surface area contributed by atoms with Crippen molar-refractivity contribution in [1.29, 1.82) is 0 Å². The molecule has 0 amide bonds. The molecule has 32 heteroatoms. The molecule has 0 radical (unpaired) electrons. The molecule has 8 saturated heterocycles. The average Bonchev–Trinajstić information content (AvgIpc) is 3.70. The highest BCUT2D eigenvalue weighted by Crippen LogP contribution is 2.48. The summed E-state index contributed by atoms with van der Waals surface area (Å²) >= 11 is 0. The first-order valence-corrected chi connectivity index (χ1v) is 15.3. The summed E-state index contributed by atoms with van der Waals surface area (Å²) in [7, 11) is 0. The van der Waals surface area contributed by atoms with Gasteiger partial charge in [0.15, 0.2) is 11.6 Å². The van der Waals surface area contributed by atoms with Crippen LogP contribution in [-0.4, -0.2) is 206 Å². The molecule has 8 fully saturated rings. The Morgan fingerprint density at radius 3 is 0.962 bits per heavy atom. The van der Waals surface area contributed by atoms with Crippen LogP contribution in [0.2, 0.25) is 0 Å². The Kier molecular flexibility index (Phi) is 10.0. The minimum Gasteiger partial charge on any atom is -0.533 e. The minimum absolute atomic E-state index is 0.173. The third-order valence-corrected chi connectivity index (χ3v) is 9.24. The zero-order valence-corrected chi connectivity index (χ0v) is 27.5. The highest BCUT2D eigenvalue weighted by atomic mass is 17.0. The van der Waals surface area contributed by atoms with Crippen molar-refractivity contribution < 1.29 is 137 Å². The third kappa shape index (κ3) is 6.83. The van der Waals surface area contributed by atoms with E-state index < -0.39 is 98.5 Å². The van der Waals surface area contributed by atoms with E-state index in [2.05, 4.69) is 37.2 Å². The molecule has 8 rings (SSSR count). The summed E-state index contributed by atoms with van der Waals surface area (Å²) in [5.74, 6) is -16.4. The summed E-state index contributed by atoms with van der Waals surface area (Å²) < 4.78 is 55.0. The SMILES string of the molecule is C[C@@]1(O)OC[C@@H]2O[B-](O)(O)O[C@@]21O.C[C@@]12OC[C@H](O)[C@]1(O)O[B-](O)(O)O2.C[C@]1(O)OC[C@@H]2O[B-](O)(O)O[C@@]21O.C[C@]12OC[C@H](O)[C@@]1(O)O[B-](O)(O)O2. The maximum atomic E-state index is 9.67. The van der Waals surface area contributed by atoms with E-state index in [9.17, 15) is 40.9 Å². The smallest absolute Gasteiger partial charge is 0.530 e. The summed E-state index contributed by atoms with van der Waals surface area (Å²) in [5, 5.41) is 148. The van der Waals surface area contributed by atoms with E-state index in [1.807, 2.05) is 0 Å². The van der Waals surface area contributed by atoms with Crippen LogP contribution in [0.15, 0.2) is 0 Å². The van der Waals surface area contributed by atoms with Crippen LogP contribution in [-0.2, 0) is 56.2 Å². The van der Waals surface area contributed by atoms with Gasteiger partial charge in [0, 0.05) is 0 Å². The first-order chi connectivity index (χ1) is 23.1. The van der Waals surface area contributed by atoms with Crippen molar-refractivity contribution in [3.05, 3.63) is 0 Å². The highest BCUT2D eigenvalue weighted by Gasteiger charge is 2.70. The van der Waals surface area contributed by atoms with Crippen LogP contribution in [0, 0.1) is 0 Å². The van der Waals surface area contributed by atoms with Crippen molar-refractivity contribution in [3.8, 4) is 0 Å². The molecular formula is C20H40B4O28-4. The van der Waals surface area contributed by atoms with Gasteiger partial charge >= 0.3 is 27.8 Å². The average molecular weight is 772 g/mol. The van der Waals surface area contributed by atoms with Crippen molar-refractivity contribution in [2.45, 2.75) is 98.4 Å². The second kappa shape index (κ2) is 12.3. The van der Waals surface area contributed by atoms with Crippen LogP contribution in [0.1, 0.15) is 27.7 Å². The first-order valence-electron chi connectivity index (χ1n) is 15.3.